The molecule has 15 heavy (non-hydrogen) atoms. The minimum Gasteiger partial charge on any atom is -0.368 e. The van der Waals surface area contributed by atoms with Gasteiger partial charge in [-0.05, 0) is 49.9 Å². The largest absolute Gasteiger partial charge is 0.368 e. The Kier molecular flexibility index (Phi) is 2.94. The minimum atomic E-state index is -0.119. The molecule has 1 aliphatic rings. The molecule has 0 spiro atoms. The molecular formula is C13H18FN. The van der Waals surface area contributed by atoms with Gasteiger partial charge in [-0.15, -0.1) is 0 Å². The van der Waals surface area contributed by atoms with Gasteiger partial charge >= 0.3 is 0 Å². The lowest BCUT2D eigenvalue weighted by atomic mass is 10.1. The smallest absolute Gasteiger partial charge is 0.125 e. The van der Waals surface area contributed by atoms with Crippen LogP contribution < -0.4 is 4.90 Å². The Morgan fingerprint density at radius 3 is 2.87 bits per heavy atom. The number of benzene rings is 1. The maximum atomic E-state index is 13.3. The van der Waals surface area contributed by atoms with E-state index >= 15 is 0 Å². The van der Waals surface area contributed by atoms with E-state index in [0.29, 0.717) is 6.04 Å². The molecule has 1 nitrogen and oxygen atoms in total. The molecule has 0 N–H and O–H groups in total. The Bertz CT molecular complexity index is 328. The molecule has 2 heteroatoms. The normalized spacial score (nSPS) is 21.0. The average molecular weight is 207 g/mol. The van der Waals surface area contributed by atoms with Crippen molar-refractivity contribution in [2.45, 2.75) is 39.2 Å². The van der Waals surface area contributed by atoms with Gasteiger partial charge < -0.3 is 4.90 Å². The summed E-state index contributed by atoms with van der Waals surface area (Å²) in [7, 11) is 0. The summed E-state index contributed by atoms with van der Waals surface area (Å²) >= 11 is 0. The summed E-state index contributed by atoms with van der Waals surface area (Å²) in [6.07, 6.45) is 3.62. The van der Waals surface area contributed by atoms with Crippen LogP contribution in [0.2, 0.25) is 0 Å². The fourth-order valence-electron chi connectivity index (χ4n) is 2.48. The molecule has 82 valence electrons. The number of halogens is 1. The Balaban J connectivity index is 2.28. The fraction of sp³-hybridized carbons (Fsp3) is 0.538. The van der Waals surface area contributed by atoms with Crippen molar-refractivity contribution in [3.05, 3.63) is 29.6 Å². The lowest BCUT2D eigenvalue weighted by molar-refractivity contribution is 0.618. The van der Waals surface area contributed by atoms with Crippen molar-refractivity contribution in [3.8, 4) is 0 Å². The van der Waals surface area contributed by atoms with Gasteiger partial charge in [0.05, 0.1) is 0 Å². The van der Waals surface area contributed by atoms with Crippen LogP contribution in [0, 0.1) is 12.7 Å². The molecular weight excluding hydrogens is 189 g/mol. The van der Waals surface area contributed by atoms with Crippen LogP contribution in [0.4, 0.5) is 10.1 Å². The van der Waals surface area contributed by atoms with E-state index in [1.807, 2.05) is 6.92 Å². The third kappa shape index (κ3) is 2.14. The van der Waals surface area contributed by atoms with Crippen molar-refractivity contribution in [3.63, 3.8) is 0 Å². The summed E-state index contributed by atoms with van der Waals surface area (Å²) in [5.74, 6) is -0.119. The molecule has 1 aliphatic heterocycles. The van der Waals surface area contributed by atoms with Crippen LogP contribution in [-0.2, 0) is 0 Å². The Morgan fingerprint density at radius 1 is 1.40 bits per heavy atom. The van der Waals surface area contributed by atoms with Gasteiger partial charge in [0.1, 0.15) is 5.82 Å². The van der Waals surface area contributed by atoms with E-state index in [1.165, 1.54) is 12.8 Å². The Morgan fingerprint density at radius 2 is 2.20 bits per heavy atom. The van der Waals surface area contributed by atoms with Crippen molar-refractivity contribution in [2.75, 3.05) is 11.4 Å². The third-order valence-electron chi connectivity index (χ3n) is 3.21. The van der Waals surface area contributed by atoms with Crippen LogP contribution in [0.25, 0.3) is 0 Å². The molecule has 1 fully saturated rings. The van der Waals surface area contributed by atoms with Gasteiger partial charge in [-0.25, -0.2) is 4.39 Å². The summed E-state index contributed by atoms with van der Waals surface area (Å²) in [4.78, 5) is 2.34. The number of nitrogens with zero attached hydrogens (tertiary/aromatic N) is 1. The van der Waals surface area contributed by atoms with E-state index in [-0.39, 0.29) is 5.82 Å². The number of rotatable bonds is 2. The number of anilines is 1. The SMILES string of the molecule is CCC1CCCN1c1cc(C)cc(F)c1. The monoisotopic (exact) mass is 207 g/mol. The van der Waals surface area contributed by atoms with E-state index in [4.69, 9.17) is 0 Å². The van der Waals surface area contributed by atoms with Gasteiger partial charge in [-0.3, -0.25) is 0 Å². The lowest BCUT2D eigenvalue weighted by Crippen LogP contribution is -2.28. The van der Waals surface area contributed by atoms with Gasteiger partial charge in [0, 0.05) is 18.3 Å². The van der Waals surface area contributed by atoms with E-state index in [2.05, 4.69) is 17.9 Å². The van der Waals surface area contributed by atoms with E-state index < -0.39 is 0 Å². The Labute approximate surface area is 90.9 Å². The number of hydrogen-bond acceptors (Lipinski definition) is 1. The summed E-state index contributed by atoms with van der Waals surface area (Å²) in [5.41, 5.74) is 2.06. The molecule has 1 heterocycles. The molecule has 0 saturated carbocycles. The van der Waals surface area contributed by atoms with Gasteiger partial charge in [0.25, 0.3) is 0 Å². The molecule has 0 radical (unpaired) electrons. The van der Waals surface area contributed by atoms with Crippen LogP contribution in [-0.4, -0.2) is 12.6 Å². The summed E-state index contributed by atoms with van der Waals surface area (Å²) in [6, 6.07) is 5.92. The zero-order valence-electron chi connectivity index (χ0n) is 9.46. The summed E-state index contributed by atoms with van der Waals surface area (Å²) in [6.45, 7) is 5.22. The average Bonchev–Trinajstić information content (AvgIpc) is 2.63. The first-order chi connectivity index (χ1) is 7.20. The van der Waals surface area contributed by atoms with E-state index in [1.54, 1.807) is 12.1 Å². The van der Waals surface area contributed by atoms with Crippen LogP contribution in [0.1, 0.15) is 31.7 Å². The topological polar surface area (TPSA) is 3.24 Å². The van der Waals surface area contributed by atoms with Crippen molar-refractivity contribution >= 4 is 5.69 Å². The van der Waals surface area contributed by atoms with E-state index in [0.717, 1.165) is 24.2 Å². The molecule has 2 rings (SSSR count). The second-order valence-corrected chi connectivity index (χ2v) is 4.38. The van der Waals surface area contributed by atoms with Gasteiger partial charge in [0.2, 0.25) is 0 Å². The summed E-state index contributed by atoms with van der Waals surface area (Å²) in [5, 5.41) is 0. The maximum Gasteiger partial charge on any atom is 0.125 e. The third-order valence-corrected chi connectivity index (χ3v) is 3.21. The molecule has 1 aromatic rings. The quantitative estimate of drug-likeness (QED) is 0.717. The molecule has 0 amide bonds. The van der Waals surface area contributed by atoms with Gasteiger partial charge in [0.15, 0.2) is 0 Å². The predicted octanol–water partition coefficient (Wildman–Crippen LogP) is 3.51. The minimum absolute atomic E-state index is 0.119. The van der Waals surface area contributed by atoms with Crippen LogP contribution in [0.3, 0.4) is 0 Å². The van der Waals surface area contributed by atoms with Crippen LogP contribution in [0.15, 0.2) is 18.2 Å². The zero-order valence-corrected chi connectivity index (χ0v) is 9.46. The first kappa shape index (κ1) is 10.5. The van der Waals surface area contributed by atoms with Crippen molar-refractivity contribution in [1.29, 1.82) is 0 Å². The highest BCUT2D eigenvalue weighted by Gasteiger charge is 2.23. The lowest BCUT2D eigenvalue weighted by Gasteiger charge is -2.26. The van der Waals surface area contributed by atoms with Crippen LogP contribution in [0.5, 0.6) is 0 Å². The van der Waals surface area contributed by atoms with Gasteiger partial charge in [-0.2, -0.15) is 0 Å². The molecule has 1 saturated heterocycles. The molecule has 0 bridgehead atoms. The second kappa shape index (κ2) is 4.21. The maximum absolute atomic E-state index is 13.3. The first-order valence-electron chi connectivity index (χ1n) is 5.74. The molecule has 1 unspecified atom stereocenters. The highest BCUT2D eigenvalue weighted by molar-refractivity contribution is 5.50. The second-order valence-electron chi connectivity index (χ2n) is 4.38. The van der Waals surface area contributed by atoms with Crippen molar-refractivity contribution in [1.82, 2.24) is 0 Å². The molecule has 1 atom stereocenters. The van der Waals surface area contributed by atoms with E-state index in [9.17, 15) is 4.39 Å². The number of aryl methyl sites for hydroxylation is 1. The standard InChI is InChI=1S/C13H18FN/c1-3-12-5-4-6-15(12)13-8-10(2)7-11(14)9-13/h7-9,12H,3-6H2,1-2H3. The molecule has 0 aliphatic carbocycles. The van der Waals surface area contributed by atoms with Crippen LogP contribution >= 0.6 is 0 Å². The van der Waals surface area contributed by atoms with Crippen molar-refractivity contribution < 1.29 is 4.39 Å². The predicted molar refractivity (Wildman–Crippen MR) is 61.8 cm³/mol. The highest BCUT2D eigenvalue weighted by atomic mass is 19.1. The highest BCUT2D eigenvalue weighted by Crippen LogP contribution is 2.28. The fourth-order valence-corrected chi connectivity index (χ4v) is 2.48. The number of hydrogen-bond donors (Lipinski definition) is 0. The zero-order chi connectivity index (χ0) is 10.8. The molecule has 0 aromatic heterocycles. The van der Waals surface area contributed by atoms with Crippen molar-refractivity contribution in [2.24, 2.45) is 0 Å². The Hall–Kier alpha value is -1.05. The van der Waals surface area contributed by atoms with Gasteiger partial charge in [-0.1, -0.05) is 6.92 Å². The summed E-state index contributed by atoms with van der Waals surface area (Å²) < 4.78 is 13.3. The molecule has 1 aromatic carbocycles. The first-order valence-corrected chi connectivity index (χ1v) is 5.74.